The van der Waals surface area contributed by atoms with E-state index < -0.39 is 21.5 Å². The Morgan fingerprint density at radius 3 is 2.73 bits per heavy atom. The molecule has 1 aromatic carbocycles. The Labute approximate surface area is 156 Å². The second kappa shape index (κ2) is 6.18. The number of allylic oxidation sites excluding steroid dienone is 1. The lowest BCUT2D eigenvalue weighted by Crippen LogP contribution is -2.47. The van der Waals surface area contributed by atoms with Crippen LogP contribution in [0, 0.1) is 16.7 Å². The van der Waals surface area contributed by atoms with Crippen molar-refractivity contribution in [3.63, 3.8) is 0 Å². The second-order valence-electron chi connectivity index (χ2n) is 8.90. The van der Waals surface area contributed by atoms with Crippen molar-refractivity contribution < 1.29 is 13.5 Å². The van der Waals surface area contributed by atoms with Crippen LogP contribution in [0.3, 0.4) is 0 Å². The summed E-state index contributed by atoms with van der Waals surface area (Å²) in [6, 6.07) is 8.26. The number of aliphatic hydroxyl groups is 1. The molecule has 0 aromatic heterocycles. The van der Waals surface area contributed by atoms with Gasteiger partial charge in [0.25, 0.3) is 0 Å². The third kappa shape index (κ3) is 2.76. The highest BCUT2D eigenvalue weighted by Gasteiger charge is 2.64. The zero-order valence-electron chi connectivity index (χ0n) is 15.6. The van der Waals surface area contributed by atoms with Gasteiger partial charge >= 0.3 is 0 Å². The zero-order valence-corrected chi connectivity index (χ0v) is 16.4. The first-order valence-corrected chi connectivity index (χ1v) is 11.3. The minimum absolute atomic E-state index is 0.0434. The minimum atomic E-state index is -3.42. The lowest BCUT2D eigenvalue weighted by molar-refractivity contribution is 0.0152. The maximum atomic E-state index is 12.8. The maximum absolute atomic E-state index is 12.8. The van der Waals surface area contributed by atoms with Crippen molar-refractivity contribution in [2.75, 3.05) is 12.3 Å². The molecule has 3 aliphatic rings. The Morgan fingerprint density at radius 2 is 2.04 bits per heavy atom. The van der Waals surface area contributed by atoms with Crippen molar-refractivity contribution in [1.29, 1.82) is 0 Å². The van der Waals surface area contributed by atoms with Crippen LogP contribution in [-0.4, -0.2) is 31.9 Å². The molecule has 1 aromatic rings. The van der Waals surface area contributed by atoms with Crippen molar-refractivity contribution in [2.24, 2.45) is 16.7 Å². The molecule has 0 heterocycles. The zero-order chi connectivity index (χ0) is 18.6. The first-order valence-electron chi connectivity index (χ1n) is 9.68. The van der Waals surface area contributed by atoms with Crippen molar-refractivity contribution in [3.05, 3.63) is 41.5 Å². The summed E-state index contributed by atoms with van der Waals surface area (Å²) < 4.78 is 28.4. The highest BCUT2D eigenvalue weighted by atomic mass is 32.2. The van der Waals surface area contributed by atoms with E-state index >= 15 is 0 Å². The van der Waals surface area contributed by atoms with Gasteiger partial charge in [-0.1, -0.05) is 50.3 Å². The first-order chi connectivity index (χ1) is 12.3. The minimum Gasteiger partial charge on any atom is -0.392 e. The van der Waals surface area contributed by atoms with Gasteiger partial charge in [-0.3, -0.25) is 0 Å². The fourth-order valence-electron chi connectivity index (χ4n) is 5.71. The molecule has 4 atom stereocenters. The third-order valence-corrected chi connectivity index (χ3v) is 9.06. The quantitative estimate of drug-likeness (QED) is 0.802. The van der Waals surface area contributed by atoms with E-state index in [9.17, 15) is 13.5 Å². The maximum Gasteiger partial charge on any atom is 0.212 e. The Morgan fingerprint density at radius 1 is 1.27 bits per heavy atom. The molecule has 2 bridgehead atoms. The number of sulfonamides is 1. The first kappa shape index (κ1) is 18.2. The van der Waals surface area contributed by atoms with E-state index in [0.717, 1.165) is 25.7 Å². The Hall–Kier alpha value is -1.17. The number of hydrogen-bond donors (Lipinski definition) is 2. The highest BCUT2D eigenvalue weighted by molar-refractivity contribution is 7.89. The smallest absolute Gasteiger partial charge is 0.212 e. The molecular formula is C21H29NO3S. The Kier molecular flexibility index (Phi) is 4.33. The number of hydrogen-bond acceptors (Lipinski definition) is 3. The van der Waals surface area contributed by atoms with E-state index in [0.29, 0.717) is 12.5 Å². The van der Waals surface area contributed by atoms with Gasteiger partial charge in [0.15, 0.2) is 0 Å². The molecule has 0 spiro atoms. The summed E-state index contributed by atoms with van der Waals surface area (Å²) in [5.74, 6) is 0.756. The van der Waals surface area contributed by atoms with E-state index in [2.05, 4.69) is 42.9 Å². The van der Waals surface area contributed by atoms with Crippen molar-refractivity contribution in [3.8, 4) is 0 Å². The normalized spacial score (nSPS) is 34.3. The van der Waals surface area contributed by atoms with Gasteiger partial charge in [-0.2, -0.15) is 0 Å². The number of rotatable bonds is 6. The lowest BCUT2D eigenvalue weighted by Gasteiger charge is -2.40. The molecule has 2 fully saturated rings. The molecule has 5 heteroatoms. The molecule has 0 amide bonds. The monoisotopic (exact) mass is 375 g/mol. The predicted molar refractivity (Wildman–Crippen MR) is 104 cm³/mol. The molecule has 3 aliphatic carbocycles. The third-order valence-electron chi connectivity index (χ3n) is 7.52. The number of nitrogens with one attached hydrogen (secondary N) is 1. The van der Waals surface area contributed by atoms with E-state index in [-0.39, 0.29) is 17.1 Å². The van der Waals surface area contributed by atoms with Crippen molar-refractivity contribution in [1.82, 2.24) is 4.72 Å². The molecular weight excluding hydrogens is 346 g/mol. The van der Waals surface area contributed by atoms with Gasteiger partial charge in [-0.25, -0.2) is 13.1 Å². The number of aliphatic hydroxyl groups excluding tert-OH is 1. The second-order valence-corrected chi connectivity index (χ2v) is 10.7. The summed E-state index contributed by atoms with van der Waals surface area (Å²) >= 11 is 0. The van der Waals surface area contributed by atoms with E-state index in [1.54, 1.807) is 0 Å². The van der Waals surface area contributed by atoms with Crippen LogP contribution in [0.1, 0.15) is 56.6 Å². The molecule has 4 unspecified atom stereocenters. The number of fused-ring (bicyclic) bond motifs is 3. The molecule has 4 rings (SSSR count). The molecule has 4 nitrogen and oxygen atoms in total. The predicted octanol–water partition coefficient (Wildman–Crippen LogP) is 3.29. The van der Waals surface area contributed by atoms with Crippen LogP contribution in [0.4, 0.5) is 0 Å². The molecule has 142 valence electrons. The van der Waals surface area contributed by atoms with E-state index in [1.807, 2.05) is 12.1 Å². The van der Waals surface area contributed by atoms with Gasteiger partial charge in [0, 0.05) is 17.9 Å². The summed E-state index contributed by atoms with van der Waals surface area (Å²) in [6.07, 6.45) is 7.11. The molecule has 2 saturated carbocycles. The fourth-order valence-corrected chi connectivity index (χ4v) is 7.63. The average molecular weight is 376 g/mol. The van der Waals surface area contributed by atoms with Crippen LogP contribution in [0.25, 0.3) is 6.08 Å². The van der Waals surface area contributed by atoms with E-state index in [4.69, 9.17) is 0 Å². The van der Waals surface area contributed by atoms with Crippen LogP contribution >= 0.6 is 0 Å². The van der Waals surface area contributed by atoms with Gasteiger partial charge in [-0.15, -0.1) is 0 Å². The molecule has 26 heavy (non-hydrogen) atoms. The van der Waals surface area contributed by atoms with Crippen molar-refractivity contribution >= 4 is 16.1 Å². The van der Waals surface area contributed by atoms with Gasteiger partial charge in [0.2, 0.25) is 10.0 Å². The van der Waals surface area contributed by atoms with Gasteiger partial charge in [0.1, 0.15) is 0 Å². The summed E-state index contributed by atoms with van der Waals surface area (Å²) in [5.41, 5.74) is 1.89. The van der Waals surface area contributed by atoms with Gasteiger partial charge < -0.3 is 5.11 Å². The molecule has 0 radical (unpaired) electrons. The Bertz CT molecular complexity index is 829. The fraction of sp³-hybridized carbons (Fsp3) is 0.619. The van der Waals surface area contributed by atoms with Crippen LogP contribution in [0.15, 0.2) is 30.3 Å². The van der Waals surface area contributed by atoms with E-state index in [1.165, 1.54) is 11.1 Å². The lowest BCUT2D eigenvalue weighted by atomic mass is 9.70. The Balaban J connectivity index is 1.39. The van der Waals surface area contributed by atoms with Crippen LogP contribution in [0.5, 0.6) is 0 Å². The molecule has 0 saturated heterocycles. The summed E-state index contributed by atoms with van der Waals surface area (Å²) in [4.78, 5) is 0. The SMILES string of the molecule is CC1(C)C2CCC1(CS(=O)(=O)NCCC1C=Cc3ccccc31)C(O)C2. The summed E-state index contributed by atoms with van der Waals surface area (Å²) in [6.45, 7) is 4.70. The van der Waals surface area contributed by atoms with Gasteiger partial charge in [0.05, 0.1) is 11.9 Å². The number of benzene rings is 1. The molecule has 0 aliphatic heterocycles. The van der Waals surface area contributed by atoms with Crippen LogP contribution < -0.4 is 4.72 Å². The summed E-state index contributed by atoms with van der Waals surface area (Å²) in [7, 11) is -3.42. The summed E-state index contributed by atoms with van der Waals surface area (Å²) in [5, 5.41) is 10.6. The van der Waals surface area contributed by atoms with Crippen LogP contribution in [-0.2, 0) is 10.0 Å². The largest absolute Gasteiger partial charge is 0.392 e. The molecule has 2 N–H and O–H groups in total. The van der Waals surface area contributed by atoms with Crippen molar-refractivity contribution in [2.45, 2.75) is 51.6 Å². The average Bonchev–Trinajstić information content (AvgIpc) is 3.14. The van der Waals surface area contributed by atoms with Crippen LogP contribution in [0.2, 0.25) is 0 Å². The standard InChI is InChI=1S/C21H29NO3S/c1-20(2)17-9-11-21(20,19(23)13-17)14-26(24,25)22-12-10-16-8-7-15-5-3-4-6-18(15)16/h3-8,16-17,19,22-23H,9-14H2,1-2H3. The van der Waals surface area contributed by atoms with Gasteiger partial charge in [-0.05, 0) is 48.1 Å². The topological polar surface area (TPSA) is 66.4 Å². The highest BCUT2D eigenvalue weighted by Crippen LogP contribution is 2.66.